The number of amides is 2. The lowest BCUT2D eigenvalue weighted by atomic mass is 10.1. The predicted molar refractivity (Wildman–Crippen MR) is 150 cm³/mol. The minimum atomic E-state index is -4.86. The van der Waals surface area contributed by atoms with Crippen LogP contribution in [0.15, 0.2) is 36.4 Å². The van der Waals surface area contributed by atoms with Gasteiger partial charge in [-0.2, -0.15) is 13.2 Å². The first kappa shape index (κ1) is 32.3. The molecule has 0 aromatic heterocycles. The Morgan fingerprint density at radius 1 is 1.05 bits per heavy atom. The van der Waals surface area contributed by atoms with Gasteiger partial charge in [0.15, 0.2) is 0 Å². The molecule has 1 atom stereocenters. The van der Waals surface area contributed by atoms with E-state index in [-0.39, 0.29) is 29.1 Å². The van der Waals surface area contributed by atoms with Crippen LogP contribution < -0.4 is 9.62 Å². The van der Waals surface area contributed by atoms with Crippen molar-refractivity contribution in [2.45, 2.75) is 63.8 Å². The van der Waals surface area contributed by atoms with E-state index in [4.69, 9.17) is 34.8 Å². The molecule has 0 aliphatic heterocycles. The van der Waals surface area contributed by atoms with E-state index in [2.05, 4.69) is 5.32 Å². The molecule has 0 saturated heterocycles. The maximum absolute atomic E-state index is 13.8. The first-order chi connectivity index (χ1) is 18.6. The van der Waals surface area contributed by atoms with Gasteiger partial charge < -0.3 is 10.2 Å². The minimum Gasteiger partial charge on any atom is -0.352 e. The van der Waals surface area contributed by atoms with Gasteiger partial charge in [0.1, 0.15) is 12.6 Å². The lowest BCUT2D eigenvalue weighted by Gasteiger charge is -2.34. The van der Waals surface area contributed by atoms with Crippen molar-refractivity contribution in [3.8, 4) is 0 Å². The normalized spacial score (nSPS) is 15.1. The molecule has 1 saturated carbocycles. The Morgan fingerprint density at radius 3 is 2.17 bits per heavy atom. The molecule has 0 bridgehead atoms. The first-order valence-electron chi connectivity index (χ1n) is 12.5. The van der Waals surface area contributed by atoms with Crippen LogP contribution in [0.4, 0.5) is 18.9 Å². The summed E-state index contributed by atoms with van der Waals surface area (Å²) in [5, 5.41) is 2.78. The molecule has 7 nitrogen and oxygen atoms in total. The Hall–Kier alpha value is -2.21. The third-order valence-corrected chi connectivity index (χ3v) is 8.88. The highest BCUT2D eigenvalue weighted by Gasteiger charge is 2.36. The zero-order chi connectivity index (χ0) is 29.8. The average Bonchev–Trinajstić information content (AvgIpc) is 3.36. The number of sulfonamides is 1. The van der Waals surface area contributed by atoms with Crippen molar-refractivity contribution < 1.29 is 31.2 Å². The highest BCUT2D eigenvalue weighted by molar-refractivity contribution is 7.92. The van der Waals surface area contributed by atoms with Gasteiger partial charge in [0, 0.05) is 28.2 Å². The van der Waals surface area contributed by atoms with Gasteiger partial charge in [-0.15, -0.1) is 0 Å². The Labute approximate surface area is 246 Å². The molecule has 1 N–H and O–H groups in total. The topological polar surface area (TPSA) is 86.8 Å². The summed E-state index contributed by atoms with van der Waals surface area (Å²) < 4.78 is 66.5. The smallest absolute Gasteiger partial charge is 0.352 e. The summed E-state index contributed by atoms with van der Waals surface area (Å²) in [7, 11) is -4.26. The first-order valence-corrected chi connectivity index (χ1v) is 15.5. The van der Waals surface area contributed by atoms with Crippen molar-refractivity contribution in [2.24, 2.45) is 0 Å². The maximum Gasteiger partial charge on any atom is 0.417 e. The summed E-state index contributed by atoms with van der Waals surface area (Å²) in [6.07, 6.45) is -0.405. The van der Waals surface area contributed by atoms with Gasteiger partial charge in [-0.1, -0.05) is 60.6 Å². The van der Waals surface area contributed by atoms with E-state index in [1.54, 1.807) is 25.1 Å². The Morgan fingerprint density at radius 2 is 1.65 bits per heavy atom. The number of rotatable bonds is 10. The minimum absolute atomic E-state index is 0.0511. The third-order valence-electron chi connectivity index (χ3n) is 6.70. The quantitative estimate of drug-likeness (QED) is 0.330. The molecule has 14 heteroatoms. The monoisotopic (exact) mass is 641 g/mol. The summed E-state index contributed by atoms with van der Waals surface area (Å²) in [5.41, 5.74) is -1.33. The van der Waals surface area contributed by atoms with Crippen LogP contribution in [0.1, 0.15) is 50.2 Å². The fourth-order valence-electron chi connectivity index (χ4n) is 4.64. The number of hydrogen-bond donors (Lipinski definition) is 1. The SMILES string of the molecule is CC[C@@H](C(=O)NC1CCCC1)N(Cc1c(Cl)cccc1Cl)C(=O)CN(c1ccc(Cl)c(C(F)(F)F)c1)S(C)(=O)=O. The molecule has 1 aliphatic rings. The van der Waals surface area contributed by atoms with Crippen molar-refractivity contribution >= 4 is 62.3 Å². The number of nitrogens with one attached hydrogen (secondary N) is 1. The van der Waals surface area contributed by atoms with Crippen LogP contribution in [0, 0.1) is 0 Å². The van der Waals surface area contributed by atoms with E-state index in [1.165, 1.54) is 0 Å². The summed E-state index contributed by atoms with van der Waals surface area (Å²) in [5.74, 6) is -1.26. The van der Waals surface area contributed by atoms with E-state index < -0.39 is 56.9 Å². The average molecular weight is 643 g/mol. The largest absolute Gasteiger partial charge is 0.417 e. The number of nitrogens with zero attached hydrogens (tertiary/aromatic N) is 2. The van der Waals surface area contributed by atoms with Crippen molar-refractivity contribution in [3.63, 3.8) is 0 Å². The number of alkyl halides is 3. The Balaban J connectivity index is 2.02. The van der Waals surface area contributed by atoms with E-state index in [0.29, 0.717) is 15.9 Å². The molecule has 1 aliphatic carbocycles. The second kappa shape index (κ2) is 13.2. The zero-order valence-electron chi connectivity index (χ0n) is 21.8. The summed E-state index contributed by atoms with van der Waals surface area (Å²) >= 11 is 18.4. The lowest BCUT2D eigenvalue weighted by Crippen LogP contribution is -2.53. The van der Waals surface area contributed by atoms with Crippen LogP contribution in [0.2, 0.25) is 15.1 Å². The molecule has 40 heavy (non-hydrogen) atoms. The molecule has 2 aromatic carbocycles. The number of anilines is 1. The summed E-state index contributed by atoms with van der Waals surface area (Å²) in [6.45, 7) is 0.573. The number of hydrogen-bond acceptors (Lipinski definition) is 4. The molecule has 0 heterocycles. The van der Waals surface area contributed by atoms with Crippen LogP contribution in [-0.2, 0) is 32.3 Å². The maximum atomic E-state index is 13.8. The van der Waals surface area contributed by atoms with Gasteiger partial charge >= 0.3 is 6.18 Å². The second-order valence-electron chi connectivity index (χ2n) is 9.57. The second-order valence-corrected chi connectivity index (χ2v) is 12.7. The third kappa shape index (κ3) is 7.96. The van der Waals surface area contributed by atoms with Crippen LogP contribution in [0.3, 0.4) is 0 Å². The molecule has 1 fully saturated rings. The number of halogens is 6. The van der Waals surface area contributed by atoms with Crippen LogP contribution in [0.5, 0.6) is 0 Å². The van der Waals surface area contributed by atoms with Crippen molar-refractivity contribution in [1.82, 2.24) is 10.2 Å². The Kier molecular flexibility index (Phi) is 10.6. The summed E-state index contributed by atoms with van der Waals surface area (Å²) in [6, 6.07) is 6.19. The molecule has 2 aromatic rings. The number of carbonyl (C=O) groups is 2. The molecule has 2 amide bonds. The molecule has 220 valence electrons. The Bertz CT molecular complexity index is 1330. The van der Waals surface area contributed by atoms with Crippen LogP contribution in [-0.4, -0.2) is 50.0 Å². The molecule has 0 unspecified atom stereocenters. The van der Waals surface area contributed by atoms with Crippen LogP contribution in [0.25, 0.3) is 0 Å². The van der Waals surface area contributed by atoms with E-state index in [1.807, 2.05) is 0 Å². The van der Waals surface area contributed by atoms with E-state index >= 15 is 0 Å². The van der Waals surface area contributed by atoms with Crippen molar-refractivity contribution in [3.05, 3.63) is 62.6 Å². The summed E-state index contributed by atoms with van der Waals surface area (Å²) in [4.78, 5) is 28.3. The van der Waals surface area contributed by atoms with Gasteiger partial charge in [0.25, 0.3) is 0 Å². The number of carbonyl (C=O) groups excluding carboxylic acids is 2. The molecule has 3 rings (SSSR count). The fourth-order valence-corrected chi connectivity index (χ4v) is 6.22. The lowest BCUT2D eigenvalue weighted by molar-refractivity contribution is -0.140. The molecular weight excluding hydrogens is 614 g/mol. The van der Waals surface area contributed by atoms with Crippen LogP contribution >= 0.6 is 34.8 Å². The van der Waals surface area contributed by atoms with Gasteiger partial charge in [-0.05, 0) is 49.6 Å². The number of benzene rings is 2. The highest BCUT2D eigenvalue weighted by Crippen LogP contribution is 2.37. The van der Waals surface area contributed by atoms with Gasteiger partial charge in [-0.25, -0.2) is 8.42 Å². The zero-order valence-corrected chi connectivity index (χ0v) is 24.9. The fraction of sp³-hybridized carbons (Fsp3) is 0.462. The molecule has 0 radical (unpaired) electrons. The predicted octanol–water partition coefficient (Wildman–Crippen LogP) is 6.30. The molecular formula is C26H29Cl3F3N3O4S. The highest BCUT2D eigenvalue weighted by atomic mass is 35.5. The van der Waals surface area contributed by atoms with Gasteiger partial charge in [-0.3, -0.25) is 13.9 Å². The van der Waals surface area contributed by atoms with E-state index in [9.17, 15) is 31.2 Å². The van der Waals surface area contributed by atoms with Crippen molar-refractivity contribution in [1.29, 1.82) is 0 Å². The van der Waals surface area contributed by atoms with Crippen molar-refractivity contribution in [2.75, 3.05) is 17.1 Å². The van der Waals surface area contributed by atoms with Gasteiger partial charge in [0.05, 0.1) is 22.5 Å². The van der Waals surface area contributed by atoms with Gasteiger partial charge in [0.2, 0.25) is 21.8 Å². The standard InChI is InChI=1S/C26H29Cl3F3N3O4S/c1-3-23(25(37)33-16-7-4-5-8-16)34(14-18-20(27)9-6-10-21(18)28)24(36)15-35(40(2,38)39)17-11-12-22(29)19(13-17)26(30,31)32/h6,9-13,16,23H,3-5,7-8,14-15H2,1-2H3,(H,33,37)/t23-/m0/s1. The van der Waals surface area contributed by atoms with E-state index in [0.717, 1.165) is 49.0 Å². The molecule has 0 spiro atoms.